The second-order valence-corrected chi connectivity index (χ2v) is 4.44. The van der Waals surface area contributed by atoms with Gasteiger partial charge in [0, 0.05) is 23.7 Å². The third-order valence-corrected chi connectivity index (χ3v) is 3.17. The van der Waals surface area contributed by atoms with Gasteiger partial charge in [-0.05, 0) is 23.3 Å². The Morgan fingerprint density at radius 1 is 1.05 bits per heavy atom. The van der Waals surface area contributed by atoms with Crippen molar-refractivity contribution in [3.8, 4) is 11.1 Å². The van der Waals surface area contributed by atoms with Gasteiger partial charge in [0.05, 0.1) is 0 Å². The van der Waals surface area contributed by atoms with Crippen molar-refractivity contribution in [1.29, 1.82) is 0 Å². The van der Waals surface area contributed by atoms with Crippen LogP contribution in [-0.4, -0.2) is 16.8 Å². The van der Waals surface area contributed by atoms with Gasteiger partial charge in [-0.2, -0.15) is 0 Å². The van der Waals surface area contributed by atoms with E-state index in [1.807, 2.05) is 42.5 Å². The maximum absolute atomic E-state index is 11.1. The summed E-state index contributed by atoms with van der Waals surface area (Å²) in [6.45, 7) is 1.46. The van der Waals surface area contributed by atoms with Crippen LogP contribution in [0.15, 0.2) is 47.6 Å². The zero-order valence-corrected chi connectivity index (χ0v) is 10.3. The van der Waals surface area contributed by atoms with Crippen molar-refractivity contribution in [3.63, 3.8) is 0 Å². The summed E-state index contributed by atoms with van der Waals surface area (Å²) in [5, 5.41) is 15.4. The number of nitrogens with zero attached hydrogens (tertiary/aromatic N) is 1. The van der Waals surface area contributed by atoms with Gasteiger partial charge in [-0.3, -0.25) is 4.79 Å². The summed E-state index contributed by atoms with van der Waals surface area (Å²) < 4.78 is 0. The molecule has 0 bridgehead atoms. The summed E-state index contributed by atoms with van der Waals surface area (Å²) in [5.74, 6) is -0.127. The number of amides is 1. The van der Waals surface area contributed by atoms with Crippen LogP contribution in [0.25, 0.3) is 11.1 Å². The van der Waals surface area contributed by atoms with Gasteiger partial charge in [0.2, 0.25) is 5.91 Å². The van der Waals surface area contributed by atoms with Crippen LogP contribution in [0.5, 0.6) is 0 Å². The molecule has 1 aliphatic rings. The fraction of sp³-hybridized carbons (Fsp3) is 0.0667. The third kappa shape index (κ3) is 1.78. The number of oxime groups is 1. The first-order chi connectivity index (χ1) is 9.20. The number of hydrogen-bond acceptors (Lipinski definition) is 3. The van der Waals surface area contributed by atoms with Crippen LogP contribution in [0.3, 0.4) is 0 Å². The Kier molecular flexibility index (Phi) is 2.56. The molecule has 0 spiro atoms. The minimum atomic E-state index is -0.127. The van der Waals surface area contributed by atoms with E-state index in [1.54, 1.807) is 0 Å². The number of hydrogen-bond donors (Lipinski definition) is 2. The van der Waals surface area contributed by atoms with Crippen molar-refractivity contribution in [2.45, 2.75) is 6.92 Å². The summed E-state index contributed by atoms with van der Waals surface area (Å²) in [6.07, 6.45) is 0. The zero-order valence-electron chi connectivity index (χ0n) is 10.3. The average molecular weight is 252 g/mol. The van der Waals surface area contributed by atoms with E-state index in [2.05, 4.69) is 10.5 Å². The minimum absolute atomic E-state index is 0.127. The monoisotopic (exact) mass is 252 g/mol. The van der Waals surface area contributed by atoms with Crippen LogP contribution in [0.1, 0.15) is 18.1 Å². The number of anilines is 1. The molecular formula is C15H12N2O2. The highest BCUT2D eigenvalue weighted by Crippen LogP contribution is 2.37. The number of nitrogens with one attached hydrogen (secondary N) is 1. The normalized spacial score (nSPS) is 14.1. The Hall–Kier alpha value is -2.62. The molecule has 3 rings (SSSR count). The third-order valence-electron chi connectivity index (χ3n) is 3.17. The van der Waals surface area contributed by atoms with E-state index >= 15 is 0 Å². The number of carbonyl (C=O) groups is 1. The fourth-order valence-corrected chi connectivity index (χ4v) is 2.43. The predicted molar refractivity (Wildman–Crippen MR) is 73.6 cm³/mol. The minimum Gasteiger partial charge on any atom is -0.410 e. The lowest BCUT2D eigenvalue weighted by Crippen LogP contribution is -2.06. The van der Waals surface area contributed by atoms with Crippen LogP contribution in [0.4, 0.5) is 5.69 Å². The second kappa shape index (κ2) is 4.24. The molecule has 19 heavy (non-hydrogen) atoms. The summed E-state index contributed by atoms with van der Waals surface area (Å²) in [7, 11) is 0. The van der Waals surface area contributed by atoms with E-state index in [-0.39, 0.29) is 5.91 Å². The van der Waals surface area contributed by atoms with Crippen molar-refractivity contribution in [2.75, 3.05) is 5.32 Å². The standard InChI is InChI=1S/C15H12N2O2/c1-9(18)16-10-6-7-12-11-4-2-3-5-13(11)15(17-19)14(12)8-10/h2-8,19H,1H3,(H,16,18)/b17-15+. The highest BCUT2D eigenvalue weighted by molar-refractivity contribution is 6.24. The molecule has 2 N–H and O–H groups in total. The first-order valence-corrected chi connectivity index (χ1v) is 5.94. The molecule has 0 saturated heterocycles. The average Bonchev–Trinajstić information content (AvgIpc) is 2.71. The number of fused-ring (bicyclic) bond motifs is 3. The second-order valence-electron chi connectivity index (χ2n) is 4.44. The SMILES string of the molecule is CC(=O)Nc1ccc2c(c1)/C(=N/O)c1ccccc1-2. The fourth-order valence-electron chi connectivity index (χ4n) is 2.43. The Labute approximate surface area is 110 Å². The first kappa shape index (κ1) is 11.5. The van der Waals surface area contributed by atoms with Crippen LogP contribution in [0.2, 0.25) is 0 Å². The van der Waals surface area contributed by atoms with Crippen molar-refractivity contribution in [2.24, 2.45) is 5.16 Å². The summed E-state index contributed by atoms with van der Waals surface area (Å²) in [6, 6.07) is 13.4. The quantitative estimate of drug-likeness (QED) is 0.516. The van der Waals surface area contributed by atoms with Crippen LogP contribution in [0, 0.1) is 0 Å². The van der Waals surface area contributed by atoms with Crippen molar-refractivity contribution in [3.05, 3.63) is 53.6 Å². The van der Waals surface area contributed by atoms with Gasteiger partial charge in [0.1, 0.15) is 5.71 Å². The Morgan fingerprint density at radius 3 is 2.42 bits per heavy atom. The van der Waals surface area contributed by atoms with Gasteiger partial charge in [-0.25, -0.2) is 0 Å². The van der Waals surface area contributed by atoms with Crippen molar-refractivity contribution in [1.82, 2.24) is 0 Å². The molecule has 0 radical (unpaired) electrons. The molecule has 0 atom stereocenters. The maximum atomic E-state index is 11.1. The van der Waals surface area contributed by atoms with Crippen LogP contribution >= 0.6 is 0 Å². The van der Waals surface area contributed by atoms with E-state index in [0.29, 0.717) is 11.4 Å². The molecule has 0 aliphatic heterocycles. The van der Waals surface area contributed by atoms with Gasteiger partial charge in [0.15, 0.2) is 0 Å². The zero-order chi connectivity index (χ0) is 13.4. The molecule has 1 aliphatic carbocycles. The van der Waals surface area contributed by atoms with E-state index in [9.17, 15) is 10.0 Å². The lowest BCUT2D eigenvalue weighted by atomic mass is 10.1. The maximum Gasteiger partial charge on any atom is 0.221 e. The van der Waals surface area contributed by atoms with Gasteiger partial charge in [-0.1, -0.05) is 35.5 Å². The van der Waals surface area contributed by atoms with E-state index in [4.69, 9.17) is 0 Å². The molecular weight excluding hydrogens is 240 g/mol. The van der Waals surface area contributed by atoms with Gasteiger partial charge >= 0.3 is 0 Å². The molecule has 2 aromatic rings. The predicted octanol–water partition coefficient (Wildman–Crippen LogP) is 2.85. The summed E-state index contributed by atoms with van der Waals surface area (Å²) in [4.78, 5) is 11.1. The highest BCUT2D eigenvalue weighted by atomic mass is 16.4. The topological polar surface area (TPSA) is 61.7 Å². The Bertz CT molecular complexity index is 705. The van der Waals surface area contributed by atoms with Gasteiger partial charge in [-0.15, -0.1) is 0 Å². The number of carbonyl (C=O) groups excluding carboxylic acids is 1. The van der Waals surface area contributed by atoms with E-state index in [1.165, 1.54) is 6.92 Å². The molecule has 94 valence electrons. The van der Waals surface area contributed by atoms with Crippen molar-refractivity contribution < 1.29 is 10.0 Å². The molecule has 0 saturated carbocycles. The highest BCUT2D eigenvalue weighted by Gasteiger charge is 2.25. The van der Waals surface area contributed by atoms with Crippen LogP contribution in [-0.2, 0) is 4.79 Å². The Morgan fingerprint density at radius 2 is 1.74 bits per heavy atom. The lowest BCUT2D eigenvalue weighted by molar-refractivity contribution is -0.114. The molecule has 4 nitrogen and oxygen atoms in total. The lowest BCUT2D eigenvalue weighted by Gasteiger charge is -2.05. The molecule has 1 amide bonds. The van der Waals surface area contributed by atoms with Gasteiger partial charge in [0.25, 0.3) is 0 Å². The molecule has 2 aromatic carbocycles. The van der Waals surface area contributed by atoms with Crippen molar-refractivity contribution >= 4 is 17.3 Å². The molecule has 4 heteroatoms. The molecule has 0 heterocycles. The summed E-state index contributed by atoms with van der Waals surface area (Å²) in [5.41, 5.74) is 5.02. The molecule has 0 aromatic heterocycles. The smallest absolute Gasteiger partial charge is 0.221 e. The number of rotatable bonds is 1. The molecule has 0 fully saturated rings. The van der Waals surface area contributed by atoms with E-state index in [0.717, 1.165) is 22.3 Å². The number of benzene rings is 2. The first-order valence-electron chi connectivity index (χ1n) is 5.94. The molecule has 0 unspecified atom stereocenters. The van der Waals surface area contributed by atoms with E-state index < -0.39 is 0 Å². The van der Waals surface area contributed by atoms with Crippen LogP contribution < -0.4 is 5.32 Å². The Balaban J connectivity index is 2.18. The van der Waals surface area contributed by atoms with Gasteiger partial charge < -0.3 is 10.5 Å². The largest absolute Gasteiger partial charge is 0.410 e. The summed E-state index contributed by atoms with van der Waals surface area (Å²) >= 11 is 0.